The summed E-state index contributed by atoms with van der Waals surface area (Å²) in [6.45, 7) is 0.576. The number of nitrogens with zero attached hydrogens (tertiary/aromatic N) is 3. The van der Waals surface area contributed by atoms with Crippen molar-refractivity contribution in [1.82, 2.24) is 15.2 Å². The lowest BCUT2D eigenvalue weighted by Crippen LogP contribution is -2.19. The lowest BCUT2D eigenvalue weighted by Gasteiger charge is -2.02. The van der Waals surface area contributed by atoms with Crippen LogP contribution in [-0.4, -0.2) is 21.9 Å². The summed E-state index contributed by atoms with van der Waals surface area (Å²) in [5.41, 5.74) is 4.78. The molecule has 1 heterocycles. The van der Waals surface area contributed by atoms with Gasteiger partial charge in [0.15, 0.2) is 5.69 Å². The van der Waals surface area contributed by atoms with E-state index < -0.39 is 0 Å². The Bertz CT molecular complexity index is 889. The monoisotopic (exact) mass is 460 g/mol. The highest BCUT2D eigenvalue weighted by Crippen LogP contribution is 2.17. The molecule has 2 aromatic carbocycles. The summed E-state index contributed by atoms with van der Waals surface area (Å²) in [6.07, 6.45) is 3.36. The molecule has 0 atom stereocenters. The molecule has 5 nitrogen and oxygen atoms in total. The Morgan fingerprint density at radius 3 is 2.56 bits per heavy atom. The predicted molar refractivity (Wildman–Crippen MR) is 105 cm³/mol. The van der Waals surface area contributed by atoms with Crippen LogP contribution in [0, 0.1) is 0 Å². The first kappa shape index (κ1) is 17.6. The number of aromatic nitrogens is 2. The standard InChI is InChI=1S/C18H14Br2N4O/c19-15-8-6-14(7-9-15)11-24-12-16(20)17(23-24)18(25)22-21-10-13-4-2-1-3-5-13/h1-10,12H,11H2,(H,22,25)/b21-10+. The van der Waals surface area contributed by atoms with Crippen LogP contribution in [0.25, 0.3) is 0 Å². The number of hydrogen-bond acceptors (Lipinski definition) is 3. The van der Waals surface area contributed by atoms with E-state index in [4.69, 9.17) is 0 Å². The summed E-state index contributed by atoms with van der Waals surface area (Å²) < 4.78 is 3.36. The molecule has 0 bridgehead atoms. The Kier molecular flexibility index (Phi) is 5.78. The molecule has 0 aliphatic rings. The van der Waals surface area contributed by atoms with E-state index in [1.807, 2.05) is 54.6 Å². The normalized spacial score (nSPS) is 11.0. The lowest BCUT2D eigenvalue weighted by atomic mass is 10.2. The Morgan fingerprint density at radius 2 is 1.84 bits per heavy atom. The van der Waals surface area contributed by atoms with E-state index in [1.165, 1.54) is 0 Å². The first-order valence-corrected chi connectivity index (χ1v) is 9.06. The fourth-order valence-corrected chi connectivity index (χ4v) is 2.93. The highest BCUT2D eigenvalue weighted by Gasteiger charge is 2.14. The molecular weight excluding hydrogens is 448 g/mol. The van der Waals surface area contributed by atoms with Crippen LogP contribution in [0.3, 0.4) is 0 Å². The smallest absolute Gasteiger partial charge is 0.266 e. The van der Waals surface area contributed by atoms with Gasteiger partial charge in [0, 0.05) is 10.7 Å². The zero-order valence-electron chi connectivity index (χ0n) is 13.1. The average molecular weight is 462 g/mol. The van der Waals surface area contributed by atoms with Gasteiger partial charge in [0.2, 0.25) is 0 Å². The van der Waals surface area contributed by atoms with E-state index in [1.54, 1.807) is 17.1 Å². The van der Waals surface area contributed by atoms with Crippen molar-refractivity contribution in [2.24, 2.45) is 5.10 Å². The fourth-order valence-electron chi connectivity index (χ4n) is 2.17. The molecule has 1 N–H and O–H groups in total. The quantitative estimate of drug-likeness (QED) is 0.456. The Labute approximate surface area is 162 Å². The molecule has 7 heteroatoms. The minimum absolute atomic E-state index is 0.294. The molecule has 0 unspecified atom stereocenters. The first-order valence-electron chi connectivity index (χ1n) is 7.47. The van der Waals surface area contributed by atoms with Crippen molar-refractivity contribution in [3.63, 3.8) is 0 Å². The second-order valence-electron chi connectivity index (χ2n) is 5.26. The second kappa shape index (κ2) is 8.22. The Hall–Kier alpha value is -2.25. The van der Waals surface area contributed by atoms with Gasteiger partial charge in [-0.15, -0.1) is 0 Å². The highest BCUT2D eigenvalue weighted by atomic mass is 79.9. The van der Waals surface area contributed by atoms with E-state index in [0.29, 0.717) is 16.7 Å². The number of carbonyl (C=O) groups excluding carboxylic acids is 1. The van der Waals surface area contributed by atoms with Gasteiger partial charge < -0.3 is 0 Å². The minimum atomic E-state index is -0.367. The second-order valence-corrected chi connectivity index (χ2v) is 7.03. The van der Waals surface area contributed by atoms with E-state index in [2.05, 4.69) is 47.5 Å². The lowest BCUT2D eigenvalue weighted by molar-refractivity contribution is 0.0948. The maximum Gasteiger partial charge on any atom is 0.293 e. The SMILES string of the molecule is O=C(N/N=C/c1ccccc1)c1nn(Cc2ccc(Br)cc2)cc1Br. The van der Waals surface area contributed by atoms with Crippen LogP contribution >= 0.6 is 31.9 Å². The maximum atomic E-state index is 12.2. The molecule has 0 spiro atoms. The van der Waals surface area contributed by atoms with Crippen LogP contribution < -0.4 is 5.43 Å². The zero-order valence-corrected chi connectivity index (χ0v) is 16.2. The van der Waals surface area contributed by atoms with Gasteiger partial charge in [-0.25, -0.2) is 5.43 Å². The highest BCUT2D eigenvalue weighted by molar-refractivity contribution is 9.10. The van der Waals surface area contributed by atoms with Crippen molar-refractivity contribution in [3.8, 4) is 0 Å². The van der Waals surface area contributed by atoms with Gasteiger partial charge in [0.05, 0.1) is 17.2 Å². The average Bonchev–Trinajstić information content (AvgIpc) is 2.98. The van der Waals surface area contributed by atoms with Crippen molar-refractivity contribution in [2.75, 3.05) is 0 Å². The molecule has 25 heavy (non-hydrogen) atoms. The van der Waals surface area contributed by atoms with Crippen LogP contribution in [0.4, 0.5) is 0 Å². The Morgan fingerprint density at radius 1 is 1.12 bits per heavy atom. The van der Waals surface area contributed by atoms with E-state index in [0.717, 1.165) is 15.6 Å². The van der Waals surface area contributed by atoms with Crippen LogP contribution in [-0.2, 0) is 6.54 Å². The maximum absolute atomic E-state index is 12.2. The number of benzene rings is 2. The van der Waals surface area contributed by atoms with Gasteiger partial charge in [0.25, 0.3) is 5.91 Å². The third-order valence-electron chi connectivity index (χ3n) is 3.37. The minimum Gasteiger partial charge on any atom is -0.266 e. The molecule has 126 valence electrons. The third kappa shape index (κ3) is 4.87. The van der Waals surface area contributed by atoms with Gasteiger partial charge in [0.1, 0.15) is 0 Å². The van der Waals surface area contributed by atoms with Gasteiger partial charge >= 0.3 is 0 Å². The molecule has 0 saturated heterocycles. The molecule has 3 aromatic rings. The zero-order chi connectivity index (χ0) is 17.6. The number of carbonyl (C=O) groups is 1. The Balaban J connectivity index is 1.66. The summed E-state index contributed by atoms with van der Waals surface area (Å²) in [4.78, 5) is 12.2. The van der Waals surface area contributed by atoms with E-state index in [-0.39, 0.29) is 5.91 Å². The fraction of sp³-hybridized carbons (Fsp3) is 0.0556. The molecule has 0 radical (unpaired) electrons. The van der Waals surface area contributed by atoms with Crippen molar-refractivity contribution in [1.29, 1.82) is 0 Å². The summed E-state index contributed by atoms with van der Waals surface area (Å²) in [5.74, 6) is -0.367. The van der Waals surface area contributed by atoms with Crippen molar-refractivity contribution in [3.05, 3.63) is 86.6 Å². The van der Waals surface area contributed by atoms with Crippen molar-refractivity contribution in [2.45, 2.75) is 6.54 Å². The largest absolute Gasteiger partial charge is 0.293 e. The van der Waals surface area contributed by atoms with Crippen LogP contribution in [0.2, 0.25) is 0 Å². The van der Waals surface area contributed by atoms with Gasteiger partial charge in [-0.2, -0.15) is 10.2 Å². The number of rotatable bonds is 5. The molecule has 0 aliphatic carbocycles. The number of amides is 1. The molecule has 0 fully saturated rings. The predicted octanol–water partition coefficient (Wildman–Crippen LogP) is 4.22. The van der Waals surface area contributed by atoms with Crippen LogP contribution in [0.1, 0.15) is 21.6 Å². The first-order chi connectivity index (χ1) is 12.1. The molecule has 1 amide bonds. The van der Waals surface area contributed by atoms with E-state index in [9.17, 15) is 4.79 Å². The number of nitrogens with one attached hydrogen (secondary N) is 1. The molecule has 0 aliphatic heterocycles. The van der Waals surface area contributed by atoms with Crippen molar-refractivity contribution >= 4 is 44.0 Å². The number of hydrazone groups is 1. The number of halogens is 2. The summed E-state index contributed by atoms with van der Waals surface area (Å²) in [6, 6.07) is 17.5. The van der Waals surface area contributed by atoms with Gasteiger partial charge in [-0.3, -0.25) is 9.48 Å². The molecule has 1 aromatic heterocycles. The third-order valence-corrected chi connectivity index (χ3v) is 4.48. The van der Waals surface area contributed by atoms with Crippen molar-refractivity contribution < 1.29 is 4.79 Å². The van der Waals surface area contributed by atoms with Crippen LogP contribution in [0.15, 0.2) is 74.8 Å². The molecule has 0 saturated carbocycles. The summed E-state index contributed by atoms with van der Waals surface area (Å²) in [5, 5.41) is 8.29. The topological polar surface area (TPSA) is 59.3 Å². The van der Waals surface area contributed by atoms with Gasteiger partial charge in [-0.1, -0.05) is 58.4 Å². The van der Waals surface area contributed by atoms with E-state index >= 15 is 0 Å². The van der Waals surface area contributed by atoms with Gasteiger partial charge in [-0.05, 0) is 39.2 Å². The molecular formula is C18H14Br2N4O. The summed E-state index contributed by atoms with van der Waals surface area (Å²) >= 11 is 6.79. The molecule has 3 rings (SSSR count). The summed E-state index contributed by atoms with van der Waals surface area (Å²) in [7, 11) is 0. The van der Waals surface area contributed by atoms with Crippen LogP contribution in [0.5, 0.6) is 0 Å². The number of hydrogen-bond donors (Lipinski definition) is 1.